The standard InChI is InChI=1S/C19H21N4/c1-22(2)18-11-9-16(10-12-18)20-21-17-8-7-15-6-4-5-13-23(3)19(15)14-17/h4,6-14H,5H2,1-3H3/q+1. The summed E-state index contributed by atoms with van der Waals surface area (Å²) >= 11 is 0. The Labute approximate surface area is 137 Å². The van der Waals surface area contributed by atoms with Crippen LogP contribution in [0.2, 0.25) is 0 Å². The topological polar surface area (TPSA) is 31.0 Å². The smallest absolute Gasteiger partial charge is 0.214 e. The van der Waals surface area contributed by atoms with Crippen LogP contribution in [-0.4, -0.2) is 31.9 Å². The maximum atomic E-state index is 4.37. The van der Waals surface area contributed by atoms with Gasteiger partial charge >= 0.3 is 0 Å². The molecule has 0 fully saturated rings. The van der Waals surface area contributed by atoms with Gasteiger partial charge in [-0.15, -0.1) is 0 Å². The van der Waals surface area contributed by atoms with Crippen molar-refractivity contribution in [1.29, 1.82) is 0 Å². The van der Waals surface area contributed by atoms with Crippen LogP contribution in [0.25, 0.3) is 6.08 Å². The molecule has 0 amide bonds. The maximum Gasteiger partial charge on any atom is 0.214 e. The zero-order valence-corrected chi connectivity index (χ0v) is 13.8. The van der Waals surface area contributed by atoms with Gasteiger partial charge in [0.05, 0.1) is 11.4 Å². The number of anilines is 1. The number of allylic oxidation sites excluding steroid dienone is 1. The van der Waals surface area contributed by atoms with Crippen molar-refractivity contribution in [3.05, 3.63) is 54.1 Å². The van der Waals surface area contributed by atoms with Crippen molar-refractivity contribution >= 4 is 35.0 Å². The van der Waals surface area contributed by atoms with E-state index in [0.29, 0.717) is 0 Å². The fourth-order valence-corrected chi connectivity index (χ4v) is 2.49. The van der Waals surface area contributed by atoms with E-state index < -0.39 is 0 Å². The average Bonchev–Trinajstić information content (AvgIpc) is 2.75. The summed E-state index contributed by atoms with van der Waals surface area (Å²) in [7, 11) is 6.11. The van der Waals surface area contributed by atoms with Gasteiger partial charge in [0.25, 0.3) is 0 Å². The van der Waals surface area contributed by atoms with Crippen molar-refractivity contribution < 1.29 is 4.58 Å². The number of hydrogen-bond acceptors (Lipinski definition) is 3. The summed E-state index contributed by atoms with van der Waals surface area (Å²) in [4.78, 5) is 2.06. The monoisotopic (exact) mass is 305 g/mol. The van der Waals surface area contributed by atoms with E-state index in [1.54, 1.807) is 0 Å². The molecule has 1 aliphatic heterocycles. The van der Waals surface area contributed by atoms with Crippen LogP contribution >= 0.6 is 0 Å². The molecular weight excluding hydrogens is 284 g/mol. The zero-order valence-electron chi connectivity index (χ0n) is 13.8. The zero-order chi connectivity index (χ0) is 16.2. The quantitative estimate of drug-likeness (QED) is 0.584. The summed E-state index contributed by atoms with van der Waals surface area (Å²) in [5.41, 5.74) is 5.22. The molecule has 3 rings (SSSR count). The molecule has 0 saturated carbocycles. The van der Waals surface area contributed by atoms with Crippen molar-refractivity contribution in [2.24, 2.45) is 10.2 Å². The normalized spacial score (nSPS) is 13.6. The molecule has 116 valence electrons. The second-order valence-electron chi connectivity index (χ2n) is 5.79. The summed E-state index contributed by atoms with van der Waals surface area (Å²) in [5, 5.41) is 8.70. The Balaban J connectivity index is 1.84. The fraction of sp³-hybridized carbons (Fsp3) is 0.211. The van der Waals surface area contributed by atoms with Crippen LogP contribution in [-0.2, 0) is 0 Å². The summed E-state index contributed by atoms with van der Waals surface area (Å²) in [6.45, 7) is 0. The molecular formula is C19H21N4+. The highest BCUT2D eigenvalue weighted by atomic mass is 15.1. The first-order valence-corrected chi connectivity index (χ1v) is 7.69. The third-order valence-corrected chi connectivity index (χ3v) is 3.85. The largest absolute Gasteiger partial charge is 0.378 e. The Morgan fingerprint density at radius 2 is 1.65 bits per heavy atom. The average molecular weight is 305 g/mol. The van der Waals surface area contributed by atoms with Crippen LogP contribution in [0.3, 0.4) is 0 Å². The first-order valence-electron chi connectivity index (χ1n) is 7.69. The number of hydrogen-bond donors (Lipinski definition) is 0. The van der Waals surface area contributed by atoms with Crippen molar-refractivity contribution in [2.45, 2.75) is 6.42 Å². The first kappa shape index (κ1) is 15.2. The lowest BCUT2D eigenvalue weighted by Crippen LogP contribution is -2.07. The number of benzene rings is 2. The first-order chi connectivity index (χ1) is 11.1. The van der Waals surface area contributed by atoms with Gasteiger partial charge in [-0.25, -0.2) is 4.58 Å². The molecule has 0 aromatic heterocycles. The number of rotatable bonds is 3. The van der Waals surface area contributed by atoms with Gasteiger partial charge in [-0.1, -0.05) is 12.2 Å². The molecule has 1 heterocycles. The summed E-state index contributed by atoms with van der Waals surface area (Å²) in [6.07, 6.45) is 7.41. The summed E-state index contributed by atoms with van der Waals surface area (Å²) < 4.78 is 2.14. The van der Waals surface area contributed by atoms with E-state index >= 15 is 0 Å². The third-order valence-electron chi connectivity index (χ3n) is 3.85. The molecule has 0 unspecified atom stereocenters. The molecule has 0 atom stereocenters. The summed E-state index contributed by atoms with van der Waals surface area (Å²) in [5.74, 6) is 0. The van der Waals surface area contributed by atoms with Gasteiger partial charge in [0.2, 0.25) is 5.69 Å². The molecule has 0 N–H and O–H groups in total. The van der Waals surface area contributed by atoms with E-state index in [9.17, 15) is 0 Å². The summed E-state index contributed by atoms with van der Waals surface area (Å²) in [6, 6.07) is 14.2. The minimum Gasteiger partial charge on any atom is -0.378 e. The lowest BCUT2D eigenvalue weighted by Gasteiger charge is -2.11. The van der Waals surface area contributed by atoms with Gasteiger partial charge in [0.15, 0.2) is 0 Å². The van der Waals surface area contributed by atoms with Gasteiger partial charge < -0.3 is 4.90 Å². The van der Waals surface area contributed by atoms with E-state index in [0.717, 1.165) is 29.2 Å². The molecule has 1 aliphatic rings. The molecule has 2 aromatic carbocycles. The molecule has 23 heavy (non-hydrogen) atoms. The van der Waals surface area contributed by atoms with Gasteiger partial charge in [-0.2, -0.15) is 10.2 Å². The van der Waals surface area contributed by atoms with Crippen LogP contribution in [0.1, 0.15) is 12.0 Å². The highest BCUT2D eigenvalue weighted by Crippen LogP contribution is 2.28. The molecule has 0 bridgehead atoms. The van der Waals surface area contributed by atoms with E-state index in [-0.39, 0.29) is 0 Å². The Morgan fingerprint density at radius 3 is 2.39 bits per heavy atom. The minimum absolute atomic E-state index is 0.852. The molecule has 4 heteroatoms. The van der Waals surface area contributed by atoms with Crippen molar-refractivity contribution in [2.75, 3.05) is 26.0 Å². The maximum absolute atomic E-state index is 4.37. The molecule has 0 saturated heterocycles. The predicted octanol–water partition coefficient (Wildman–Crippen LogP) is 4.93. The van der Waals surface area contributed by atoms with E-state index in [2.05, 4.69) is 57.3 Å². The van der Waals surface area contributed by atoms with Crippen LogP contribution in [0, 0.1) is 0 Å². The van der Waals surface area contributed by atoms with Crippen molar-refractivity contribution in [1.82, 2.24) is 0 Å². The molecule has 2 aromatic rings. The van der Waals surface area contributed by atoms with Crippen LogP contribution in [0.15, 0.2) is 58.8 Å². The van der Waals surface area contributed by atoms with E-state index in [4.69, 9.17) is 0 Å². The predicted molar refractivity (Wildman–Crippen MR) is 96.9 cm³/mol. The molecule has 4 nitrogen and oxygen atoms in total. The fourth-order valence-electron chi connectivity index (χ4n) is 2.49. The van der Waals surface area contributed by atoms with Gasteiger partial charge in [-0.3, -0.25) is 0 Å². The number of nitrogens with zero attached hydrogens (tertiary/aromatic N) is 4. The Bertz CT molecular complexity index is 784. The second kappa shape index (κ2) is 6.57. The Morgan fingerprint density at radius 1 is 0.957 bits per heavy atom. The lowest BCUT2D eigenvalue weighted by molar-refractivity contribution is -0.400. The third kappa shape index (κ3) is 3.54. The van der Waals surface area contributed by atoms with Crippen LogP contribution in [0.4, 0.5) is 22.7 Å². The van der Waals surface area contributed by atoms with E-state index in [1.807, 2.05) is 44.4 Å². The van der Waals surface area contributed by atoms with Gasteiger partial charge in [0.1, 0.15) is 13.3 Å². The second-order valence-corrected chi connectivity index (χ2v) is 5.79. The minimum atomic E-state index is 0.852. The molecule has 0 radical (unpaired) electrons. The Kier molecular flexibility index (Phi) is 4.33. The van der Waals surface area contributed by atoms with Crippen molar-refractivity contribution in [3.63, 3.8) is 0 Å². The van der Waals surface area contributed by atoms with E-state index in [1.165, 1.54) is 5.56 Å². The Hall–Kier alpha value is -2.75. The van der Waals surface area contributed by atoms with Crippen LogP contribution in [0.5, 0.6) is 0 Å². The SMILES string of the molecule is CN(C)c1ccc(N=Nc2ccc3c(c2)[N+](C)=CCC=C3)cc1. The number of azo groups is 1. The molecule has 0 aliphatic carbocycles. The van der Waals surface area contributed by atoms with Gasteiger partial charge in [-0.05, 0) is 36.4 Å². The highest BCUT2D eigenvalue weighted by Gasteiger charge is 2.12. The molecule has 0 spiro atoms. The van der Waals surface area contributed by atoms with Gasteiger partial charge in [0, 0.05) is 37.8 Å². The van der Waals surface area contributed by atoms with Crippen LogP contribution < -0.4 is 4.90 Å². The van der Waals surface area contributed by atoms with Crippen molar-refractivity contribution in [3.8, 4) is 0 Å². The lowest BCUT2D eigenvalue weighted by atomic mass is 10.1. The number of fused-ring (bicyclic) bond motifs is 1. The highest BCUT2D eigenvalue weighted by molar-refractivity contribution is 5.71.